The fourth-order valence-electron chi connectivity index (χ4n) is 4.03. The molecule has 32 heavy (non-hydrogen) atoms. The third kappa shape index (κ3) is 4.59. The van der Waals surface area contributed by atoms with Gasteiger partial charge in [0.2, 0.25) is 0 Å². The second-order valence-corrected chi connectivity index (χ2v) is 8.99. The Morgan fingerprint density at radius 1 is 1.03 bits per heavy atom. The van der Waals surface area contributed by atoms with Crippen LogP contribution in [0.2, 0.25) is 5.02 Å². The van der Waals surface area contributed by atoms with Crippen LogP contribution >= 0.6 is 27.5 Å². The first-order valence-electron chi connectivity index (χ1n) is 10.8. The van der Waals surface area contributed by atoms with Crippen molar-refractivity contribution in [3.63, 3.8) is 0 Å². The highest BCUT2D eigenvalue weighted by atomic mass is 79.9. The van der Waals surface area contributed by atoms with Crippen molar-refractivity contribution < 1.29 is 4.79 Å². The summed E-state index contributed by atoms with van der Waals surface area (Å²) in [5, 5.41) is 6.79. The highest BCUT2D eigenvalue weighted by Gasteiger charge is 2.34. The molecule has 3 aromatic carbocycles. The lowest BCUT2D eigenvalue weighted by Gasteiger charge is -2.24. The molecule has 164 valence electrons. The molecule has 0 aliphatic carbocycles. The third-order valence-electron chi connectivity index (χ3n) is 5.81. The molecule has 0 bridgehead atoms. The molecule has 1 aliphatic rings. The molecule has 1 heterocycles. The first-order chi connectivity index (χ1) is 15.5. The van der Waals surface area contributed by atoms with E-state index in [1.807, 2.05) is 36.4 Å². The van der Waals surface area contributed by atoms with Gasteiger partial charge < -0.3 is 4.90 Å². The molecule has 6 heteroatoms. The average Bonchev–Trinajstić information content (AvgIpc) is 3.26. The summed E-state index contributed by atoms with van der Waals surface area (Å²) in [5.74, 6) is -0.194. The monoisotopic (exact) mass is 509 g/mol. The molecule has 0 N–H and O–H groups in total. The van der Waals surface area contributed by atoms with E-state index in [1.54, 1.807) is 17.1 Å². The summed E-state index contributed by atoms with van der Waals surface area (Å²) in [5.41, 5.74) is 4.58. The number of carbonyl (C=O) groups excluding carboxylic acids is 1. The molecule has 3 aromatic rings. The fourth-order valence-corrected chi connectivity index (χ4v) is 4.51. The molecular formula is C26H25BrClN3O. The van der Waals surface area contributed by atoms with Crippen LogP contribution in [-0.2, 0) is 0 Å². The van der Waals surface area contributed by atoms with Crippen molar-refractivity contribution in [3.8, 4) is 0 Å². The lowest BCUT2D eigenvalue weighted by atomic mass is 9.97. The Labute approximate surface area is 202 Å². The second-order valence-electron chi connectivity index (χ2n) is 7.67. The summed E-state index contributed by atoms with van der Waals surface area (Å²) in [6, 6.07) is 23.4. The topological polar surface area (TPSA) is 35.9 Å². The minimum atomic E-state index is -0.194. The Bertz CT molecular complexity index is 1120. The van der Waals surface area contributed by atoms with E-state index in [1.165, 1.54) is 5.69 Å². The minimum absolute atomic E-state index is 0.192. The SMILES string of the molecule is CCN(CC)c1ccc([C@H]2CC(c3ccc(Br)cc3)=NN2C(=O)c2ccccc2Cl)cc1. The summed E-state index contributed by atoms with van der Waals surface area (Å²) in [7, 11) is 0. The van der Waals surface area contributed by atoms with E-state index < -0.39 is 0 Å². The van der Waals surface area contributed by atoms with Gasteiger partial charge in [-0.25, -0.2) is 5.01 Å². The van der Waals surface area contributed by atoms with E-state index in [0.29, 0.717) is 17.0 Å². The van der Waals surface area contributed by atoms with Gasteiger partial charge in [0.25, 0.3) is 5.91 Å². The number of halogens is 2. The van der Waals surface area contributed by atoms with E-state index in [4.69, 9.17) is 16.7 Å². The van der Waals surface area contributed by atoms with Crippen LogP contribution in [0, 0.1) is 0 Å². The lowest BCUT2D eigenvalue weighted by Crippen LogP contribution is -2.27. The van der Waals surface area contributed by atoms with E-state index in [0.717, 1.165) is 34.4 Å². The number of hydrazone groups is 1. The predicted octanol–water partition coefficient (Wildman–Crippen LogP) is 6.94. The van der Waals surface area contributed by atoms with Gasteiger partial charge in [-0.1, -0.05) is 63.9 Å². The first kappa shape index (κ1) is 22.6. The maximum Gasteiger partial charge on any atom is 0.276 e. The smallest absolute Gasteiger partial charge is 0.276 e. The van der Waals surface area contributed by atoms with Gasteiger partial charge in [-0.3, -0.25) is 4.79 Å². The van der Waals surface area contributed by atoms with Crippen LogP contribution in [-0.4, -0.2) is 29.7 Å². The Morgan fingerprint density at radius 3 is 2.31 bits per heavy atom. The normalized spacial score (nSPS) is 15.6. The van der Waals surface area contributed by atoms with Crippen LogP contribution in [0.1, 0.15) is 47.8 Å². The molecule has 0 unspecified atom stereocenters. The predicted molar refractivity (Wildman–Crippen MR) is 136 cm³/mol. The summed E-state index contributed by atoms with van der Waals surface area (Å²) < 4.78 is 1.01. The maximum atomic E-state index is 13.5. The number of rotatable bonds is 6. The quantitative estimate of drug-likeness (QED) is 0.360. The van der Waals surface area contributed by atoms with Crippen molar-refractivity contribution in [3.05, 3.63) is 99.0 Å². The number of nitrogens with zero attached hydrogens (tertiary/aromatic N) is 3. The zero-order valence-electron chi connectivity index (χ0n) is 18.1. The minimum Gasteiger partial charge on any atom is -0.372 e. The van der Waals surface area contributed by atoms with Crippen molar-refractivity contribution in [1.82, 2.24) is 5.01 Å². The molecular weight excluding hydrogens is 486 g/mol. The molecule has 1 aliphatic heterocycles. The molecule has 1 atom stereocenters. The van der Waals surface area contributed by atoms with E-state index in [9.17, 15) is 4.79 Å². The number of hydrogen-bond acceptors (Lipinski definition) is 3. The molecule has 0 saturated carbocycles. The standard InChI is InChI=1S/C26H25BrClN3O/c1-3-30(4-2)21-15-11-19(12-16-21)25-17-24(18-9-13-20(27)14-10-18)29-31(25)26(32)22-7-5-6-8-23(22)28/h5-16,25H,3-4,17H2,1-2H3/t25-/m1/s1. The summed E-state index contributed by atoms with van der Waals surface area (Å²) >= 11 is 9.83. The van der Waals surface area contributed by atoms with Crippen LogP contribution in [0.3, 0.4) is 0 Å². The zero-order chi connectivity index (χ0) is 22.7. The van der Waals surface area contributed by atoms with Gasteiger partial charge >= 0.3 is 0 Å². The Kier molecular flexibility index (Phi) is 6.97. The Morgan fingerprint density at radius 2 is 1.69 bits per heavy atom. The lowest BCUT2D eigenvalue weighted by molar-refractivity contribution is 0.0711. The van der Waals surface area contributed by atoms with Crippen molar-refractivity contribution in [1.29, 1.82) is 0 Å². The largest absolute Gasteiger partial charge is 0.372 e. The summed E-state index contributed by atoms with van der Waals surface area (Å²) in [6.07, 6.45) is 0.641. The van der Waals surface area contributed by atoms with Crippen LogP contribution in [0.5, 0.6) is 0 Å². The number of benzene rings is 3. The van der Waals surface area contributed by atoms with Crippen LogP contribution in [0.15, 0.2) is 82.4 Å². The molecule has 0 fully saturated rings. The molecule has 0 aromatic heterocycles. The second kappa shape index (κ2) is 9.88. The van der Waals surface area contributed by atoms with E-state index >= 15 is 0 Å². The van der Waals surface area contributed by atoms with Gasteiger partial charge in [-0.2, -0.15) is 5.10 Å². The highest BCUT2D eigenvalue weighted by Crippen LogP contribution is 2.35. The van der Waals surface area contributed by atoms with Crippen molar-refractivity contribution in [2.24, 2.45) is 5.10 Å². The van der Waals surface area contributed by atoms with Crippen molar-refractivity contribution in [2.75, 3.05) is 18.0 Å². The van der Waals surface area contributed by atoms with Gasteiger partial charge in [0.05, 0.1) is 22.3 Å². The molecule has 4 rings (SSSR count). The van der Waals surface area contributed by atoms with Gasteiger partial charge in [-0.15, -0.1) is 0 Å². The molecule has 0 saturated heterocycles. The van der Waals surface area contributed by atoms with Crippen molar-refractivity contribution >= 4 is 44.8 Å². The number of anilines is 1. The van der Waals surface area contributed by atoms with Gasteiger partial charge in [0.1, 0.15) is 0 Å². The van der Waals surface area contributed by atoms with Gasteiger partial charge in [0.15, 0.2) is 0 Å². The molecule has 4 nitrogen and oxygen atoms in total. The fraction of sp³-hybridized carbons (Fsp3) is 0.231. The highest BCUT2D eigenvalue weighted by molar-refractivity contribution is 9.10. The maximum absolute atomic E-state index is 13.5. The first-order valence-corrected chi connectivity index (χ1v) is 11.9. The van der Waals surface area contributed by atoms with Crippen LogP contribution < -0.4 is 4.90 Å². The molecule has 0 radical (unpaired) electrons. The third-order valence-corrected chi connectivity index (χ3v) is 6.66. The van der Waals surface area contributed by atoms with Gasteiger partial charge in [-0.05, 0) is 61.4 Å². The number of amides is 1. The van der Waals surface area contributed by atoms with Crippen LogP contribution in [0.4, 0.5) is 5.69 Å². The molecule has 0 spiro atoms. The number of hydrogen-bond donors (Lipinski definition) is 0. The Hall–Kier alpha value is -2.63. The Balaban J connectivity index is 1.70. The van der Waals surface area contributed by atoms with Crippen molar-refractivity contribution in [2.45, 2.75) is 26.3 Å². The summed E-state index contributed by atoms with van der Waals surface area (Å²) in [4.78, 5) is 15.8. The summed E-state index contributed by atoms with van der Waals surface area (Å²) in [6.45, 7) is 6.20. The van der Waals surface area contributed by atoms with E-state index in [-0.39, 0.29) is 11.9 Å². The van der Waals surface area contributed by atoms with E-state index in [2.05, 4.69) is 58.9 Å². The van der Waals surface area contributed by atoms with Gasteiger partial charge in [0, 0.05) is 29.7 Å². The zero-order valence-corrected chi connectivity index (χ0v) is 20.5. The average molecular weight is 511 g/mol. The van der Waals surface area contributed by atoms with Crippen LogP contribution in [0.25, 0.3) is 0 Å². The molecule has 1 amide bonds. The number of carbonyl (C=O) groups is 1.